The molecule has 0 radical (unpaired) electrons. The van der Waals surface area contributed by atoms with Gasteiger partial charge in [-0.25, -0.2) is 0 Å². The normalized spacial score (nSPS) is 19.1. The third kappa shape index (κ3) is 3.10. The Morgan fingerprint density at radius 2 is 2.25 bits per heavy atom. The average Bonchev–Trinajstić information content (AvgIpc) is 2.47. The molecule has 0 aromatic heterocycles. The van der Waals surface area contributed by atoms with Gasteiger partial charge in [-0.3, -0.25) is 10.1 Å². The molecular weight excluding hydrogens is 256 g/mol. The molecule has 0 amide bonds. The highest BCUT2D eigenvalue weighted by Gasteiger charge is 2.27. The van der Waals surface area contributed by atoms with E-state index in [2.05, 4.69) is 11.8 Å². The highest BCUT2D eigenvalue weighted by Crippen LogP contribution is 2.34. The minimum atomic E-state index is -0.341. The second-order valence-corrected chi connectivity index (χ2v) is 5.37. The van der Waals surface area contributed by atoms with Crippen LogP contribution in [0.5, 0.6) is 0 Å². The third-order valence-corrected chi connectivity index (χ3v) is 3.98. The first kappa shape index (κ1) is 14.8. The maximum absolute atomic E-state index is 11.3. The summed E-state index contributed by atoms with van der Waals surface area (Å²) in [5.74, 6) is 0. The van der Waals surface area contributed by atoms with E-state index in [-0.39, 0.29) is 17.2 Å². The third-order valence-electron chi connectivity index (χ3n) is 3.98. The zero-order chi connectivity index (χ0) is 14.5. The Morgan fingerprint density at radius 3 is 2.90 bits per heavy atom. The molecule has 2 rings (SSSR count). The summed E-state index contributed by atoms with van der Waals surface area (Å²) in [7, 11) is 0. The van der Waals surface area contributed by atoms with Crippen molar-refractivity contribution in [1.82, 2.24) is 0 Å². The molecule has 0 aliphatic carbocycles. The number of hydrogen-bond donors (Lipinski definition) is 1. The molecule has 1 aliphatic heterocycles. The first-order valence-corrected chi connectivity index (χ1v) is 7.32. The van der Waals surface area contributed by atoms with E-state index in [4.69, 9.17) is 5.11 Å². The molecule has 1 aromatic carbocycles. The van der Waals surface area contributed by atoms with Crippen LogP contribution in [0.15, 0.2) is 18.2 Å². The Labute approximate surface area is 119 Å². The number of anilines is 1. The molecule has 5 nitrogen and oxygen atoms in total. The fraction of sp³-hybridized carbons (Fsp3) is 0.600. The van der Waals surface area contributed by atoms with Crippen LogP contribution < -0.4 is 4.90 Å². The topological polar surface area (TPSA) is 66.6 Å². The van der Waals surface area contributed by atoms with Gasteiger partial charge < -0.3 is 10.0 Å². The molecule has 1 atom stereocenters. The number of nitro benzene ring substituents is 1. The highest BCUT2D eigenvalue weighted by atomic mass is 16.6. The van der Waals surface area contributed by atoms with Gasteiger partial charge in [-0.1, -0.05) is 19.4 Å². The fourth-order valence-corrected chi connectivity index (χ4v) is 3.01. The Hall–Kier alpha value is -1.62. The van der Waals surface area contributed by atoms with Crippen molar-refractivity contribution < 1.29 is 10.0 Å². The summed E-state index contributed by atoms with van der Waals surface area (Å²) >= 11 is 0. The Morgan fingerprint density at radius 1 is 1.45 bits per heavy atom. The van der Waals surface area contributed by atoms with Gasteiger partial charge in [-0.15, -0.1) is 0 Å². The Bertz CT molecular complexity index is 474. The molecule has 1 heterocycles. The summed E-state index contributed by atoms with van der Waals surface area (Å²) in [6.45, 7) is 2.86. The summed E-state index contributed by atoms with van der Waals surface area (Å²) in [4.78, 5) is 13.1. The quantitative estimate of drug-likeness (QED) is 0.663. The molecule has 1 aliphatic rings. The van der Waals surface area contributed by atoms with E-state index in [0.717, 1.165) is 32.2 Å². The van der Waals surface area contributed by atoms with Gasteiger partial charge in [0, 0.05) is 18.7 Å². The lowest BCUT2D eigenvalue weighted by atomic mass is 9.97. The van der Waals surface area contributed by atoms with Crippen molar-refractivity contribution in [2.24, 2.45) is 0 Å². The minimum Gasteiger partial charge on any atom is -0.392 e. The van der Waals surface area contributed by atoms with Crippen molar-refractivity contribution in [3.63, 3.8) is 0 Å². The SMILES string of the molecule is CCCC1CCCCN1c1ccc(CO)cc1[N+](=O)[O-]. The number of aliphatic hydroxyl groups excluding tert-OH is 1. The van der Waals surface area contributed by atoms with Gasteiger partial charge in [0.25, 0.3) is 5.69 Å². The van der Waals surface area contributed by atoms with Crippen LogP contribution in [0.2, 0.25) is 0 Å². The van der Waals surface area contributed by atoms with Crippen LogP contribution in [-0.4, -0.2) is 22.6 Å². The van der Waals surface area contributed by atoms with Gasteiger partial charge in [0.05, 0.1) is 11.5 Å². The molecule has 1 unspecified atom stereocenters. The van der Waals surface area contributed by atoms with E-state index in [1.807, 2.05) is 0 Å². The van der Waals surface area contributed by atoms with Crippen LogP contribution in [0.3, 0.4) is 0 Å². The van der Waals surface area contributed by atoms with E-state index < -0.39 is 0 Å². The number of hydrogen-bond acceptors (Lipinski definition) is 4. The number of nitro groups is 1. The standard InChI is InChI=1S/C15H22N2O3/c1-2-5-13-6-3-4-9-16(13)14-8-7-12(11-18)10-15(14)17(19)20/h7-8,10,13,18H,2-6,9,11H2,1H3. The smallest absolute Gasteiger partial charge is 0.292 e. The van der Waals surface area contributed by atoms with Crippen LogP contribution in [0, 0.1) is 10.1 Å². The molecule has 1 fully saturated rings. The molecule has 1 aromatic rings. The second-order valence-electron chi connectivity index (χ2n) is 5.37. The predicted octanol–water partition coefficient (Wildman–Crippen LogP) is 3.25. The minimum absolute atomic E-state index is 0.111. The fourth-order valence-electron chi connectivity index (χ4n) is 3.01. The summed E-state index contributed by atoms with van der Waals surface area (Å²) in [5, 5.41) is 20.4. The molecule has 20 heavy (non-hydrogen) atoms. The first-order chi connectivity index (χ1) is 9.67. The van der Waals surface area contributed by atoms with Crippen LogP contribution in [0.4, 0.5) is 11.4 Å². The largest absolute Gasteiger partial charge is 0.392 e. The monoisotopic (exact) mass is 278 g/mol. The number of rotatable bonds is 5. The van der Waals surface area contributed by atoms with Crippen LogP contribution in [0.25, 0.3) is 0 Å². The zero-order valence-electron chi connectivity index (χ0n) is 11.9. The van der Waals surface area contributed by atoms with Crippen molar-refractivity contribution in [1.29, 1.82) is 0 Å². The molecule has 0 bridgehead atoms. The lowest BCUT2D eigenvalue weighted by Gasteiger charge is -2.37. The Kier molecular flexibility index (Phi) is 4.95. The van der Waals surface area contributed by atoms with Gasteiger partial charge in [0.15, 0.2) is 0 Å². The van der Waals surface area contributed by atoms with E-state index >= 15 is 0 Å². The van der Waals surface area contributed by atoms with E-state index in [1.54, 1.807) is 12.1 Å². The summed E-state index contributed by atoms with van der Waals surface area (Å²) < 4.78 is 0. The van der Waals surface area contributed by atoms with Crippen molar-refractivity contribution in [3.8, 4) is 0 Å². The van der Waals surface area contributed by atoms with Crippen molar-refractivity contribution in [2.45, 2.75) is 51.7 Å². The van der Waals surface area contributed by atoms with Crippen LogP contribution >= 0.6 is 0 Å². The van der Waals surface area contributed by atoms with Gasteiger partial charge in [0.1, 0.15) is 5.69 Å². The number of aliphatic hydroxyl groups is 1. The maximum Gasteiger partial charge on any atom is 0.292 e. The number of nitrogens with zero attached hydrogens (tertiary/aromatic N) is 2. The average molecular weight is 278 g/mol. The molecule has 110 valence electrons. The molecule has 0 spiro atoms. The van der Waals surface area contributed by atoms with Crippen LogP contribution in [0.1, 0.15) is 44.6 Å². The lowest BCUT2D eigenvalue weighted by molar-refractivity contribution is -0.384. The molecule has 0 saturated carbocycles. The molecule has 1 N–H and O–H groups in total. The summed E-state index contributed by atoms with van der Waals surface area (Å²) in [5.41, 5.74) is 1.40. The lowest BCUT2D eigenvalue weighted by Crippen LogP contribution is -2.39. The highest BCUT2D eigenvalue weighted by molar-refractivity contribution is 5.65. The predicted molar refractivity (Wildman–Crippen MR) is 78.9 cm³/mol. The van der Waals surface area contributed by atoms with E-state index in [9.17, 15) is 10.1 Å². The van der Waals surface area contributed by atoms with Crippen molar-refractivity contribution in [3.05, 3.63) is 33.9 Å². The van der Waals surface area contributed by atoms with Crippen LogP contribution in [-0.2, 0) is 6.61 Å². The molecule has 1 saturated heterocycles. The molecular formula is C15H22N2O3. The van der Waals surface area contributed by atoms with Gasteiger partial charge in [-0.05, 0) is 37.3 Å². The zero-order valence-corrected chi connectivity index (χ0v) is 11.9. The van der Waals surface area contributed by atoms with E-state index in [0.29, 0.717) is 17.3 Å². The number of benzene rings is 1. The first-order valence-electron chi connectivity index (χ1n) is 7.32. The second kappa shape index (κ2) is 6.70. The van der Waals surface area contributed by atoms with Gasteiger partial charge in [0.2, 0.25) is 0 Å². The summed E-state index contributed by atoms with van der Waals surface area (Å²) in [6.07, 6.45) is 5.54. The van der Waals surface area contributed by atoms with Crippen molar-refractivity contribution in [2.75, 3.05) is 11.4 Å². The van der Waals surface area contributed by atoms with Crippen molar-refractivity contribution >= 4 is 11.4 Å². The van der Waals surface area contributed by atoms with Gasteiger partial charge in [-0.2, -0.15) is 0 Å². The van der Waals surface area contributed by atoms with Gasteiger partial charge >= 0.3 is 0 Å². The Balaban J connectivity index is 2.36. The molecule has 5 heteroatoms. The summed E-state index contributed by atoms with van der Waals surface area (Å²) in [6, 6.07) is 5.46. The van der Waals surface area contributed by atoms with E-state index in [1.165, 1.54) is 12.5 Å². The number of piperidine rings is 1. The maximum atomic E-state index is 11.3.